The summed E-state index contributed by atoms with van der Waals surface area (Å²) in [4.78, 5) is 21.3. The first-order valence-electron chi connectivity index (χ1n) is 9.65. The molecule has 1 atom stereocenters. The molecule has 2 aromatic heterocycles. The Labute approximate surface area is 169 Å². The first-order chi connectivity index (χ1) is 14.2. The number of ether oxygens (including phenoxy) is 1. The molecule has 1 fully saturated rings. The molecule has 1 amide bonds. The van der Waals surface area contributed by atoms with Crippen molar-refractivity contribution in [1.29, 1.82) is 0 Å². The first-order valence-corrected chi connectivity index (χ1v) is 9.65. The number of benzene rings is 1. The van der Waals surface area contributed by atoms with E-state index in [9.17, 15) is 4.79 Å². The highest BCUT2D eigenvalue weighted by molar-refractivity contribution is 5.91. The summed E-state index contributed by atoms with van der Waals surface area (Å²) >= 11 is 0. The van der Waals surface area contributed by atoms with E-state index in [0.717, 1.165) is 18.7 Å². The van der Waals surface area contributed by atoms with Crippen LogP contribution in [0.25, 0.3) is 11.4 Å². The standard InChI is InChI=1S/C21H24N4O4/c1-15(20-22-19(23-29-20)16-6-4-3-5-7-16)24-10-12-25(13-11-24)21(26)18-9-8-17(28-18)14-27-2/h3-9,15H,10-14H2,1-2H3. The van der Waals surface area contributed by atoms with Gasteiger partial charge in [0.25, 0.3) is 5.91 Å². The fourth-order valence-corrected chi connectivity index (χ4v) is 3.45. The summed E-state index contributed by atoms with van der Waals surface area (Å²) in [6.07, 6.45) is 0. The molecule has 1 aliphatic rings. The summed E-state index contributed by atoms with van der Waals surface area (Å²) in [5.74, 6) is 2.07. The Kier molecular flexibility index (Phi) is 5.73. The fourth-order valence-electron chi connectivity index (χ4n) is 3.45. The van der Waals surface area contributed by atoms with E-state index in [-0.39, 0.29) is 11.9 Å². The van der Waals surface area contributed by atoms with Crippen LogP contribution < -0.4 is 0 Å². The molecular weight excluding hydrogens is 372 g/mol. The highest BCUT2D eigenvalue weighted by Crippen LogP contribution is 2.24. The van der Waals surface area contributed by atoms with Crippen LogP contribution in [0.2, 0.25) is 0 Å². The van der Waals surface area contributed by atoms with Gasteiger partial charge >= 0.3 is 0 Å². The maximum Gasteiger partial charge on any atom is 0.289 e. The Morgan fingerprint density at radius 1 is 1.14 bits per heavy atom. The van der Waals surface area contributed by atoms with Crippen LogP contribution in [0.3, 0.4) is 0 Å². The molecule has 4 rings (SSSR count). The van der Waals surface area contributed by atoms with Crippen molar-refractivity contribution in [3.63, 3.8) is 0 Å². The van der Waals surface area contributed by atoms with E-state index >= 15 is 0 Å². The minimum Gasteiger partial charge on any atom is -0.453 e. The third-order valence-electron chi connectivity index (χ3n) is 5.14. The Balaban J connectivity index is 1.35. The fraction of sp³-hybridized carbons (Fsp3) is 0.381. The Morgan fingerprint density at radius 2 is 1.90 bits per heavy atom. The molecule has 3 aromatic rings. The van der Waals surface area contributed by atoms with Crippen LogP contribution in [-0.2, 0) is 11.3 Å². The number of nitrogens with zero attached hydrogens (tertiary/aromatic N) is 4. The quantitative estimate of drug-likeness (QED) is 0.633. The lowest BCUT2D eigenvalue weighted by molar-refractivity contribution is 0.0519. The number of piperazine rings is 1. The second kappa shape index (κ2) is 8.59. The van der Waals surface area contributed by atoms with Crippen molar-refractivity contribution < 1.29 is 18.5 Å². The average Bonchev–Trinajstić information content (AvgIpc) is 3.44. The maximum absolute atomic E-state index is 12.7. The number of amides is 1. The van der Waals surface area contributed by atoms with Crippen molar-refractivity contribution in [3.05, 3.63) is 59.9 Å². The maximum atomic E-state index is 12.7. The summed E-state index contributed by atoms with van der Waals surface area (Å²) < 4.78 is 16.1. The number of carbonyl (C=O) groups is 1. The van der Waals surface area contributed by atoms with Crippen LogP contribution in [0.1, 0.15) is 35.2 Å². The van der Waals surface area contributed by atoms with E-state index in [1.807, 2.05) is 42.2 Å². The summed E-state index contributed by atoms with van der Waals surface area (Å²) in [7, 11) is 1.59. The molecule has 8 nitrogen and oxygen atoms in total. The SMILES string of the molecule is COCc1ccc(C(=O)N2CCN(C(C)c3nc(-c4ccccc4)no3)CC2)o1. The molecule has 0 saturated carbocycles. The van der Waals surface area contributed by atoms with Crippen molar-refractivity contribution in [3.8, 4) is 11.4 Å². The van der Waals surface area contributed by atoms with Crippen molar-refractivity contribution in [2.45, 2.75) is 19.6 Å². The minimum absolute atomic E-state index is 0.0193. The molecule has 1 unspecified atom stereocenters. The predicted octanol–water partition coefficient (Wildman–Crippen LogP) is 3.00. The van der Waals surface area contributed by atoms with Crippen molar-refractivity contribution in [1.82, 2.24) is 19.9 Å². The van der Waals surface area contributed by atoms with E-state index in [1.54, 1.807) is 19.2 Å². The van der Waals surface area contributed by atoms with Crippen molar-refractivity contribution >= 4 is 5.91 Å². The van der Waals surface area contributed by atoms with Gasteiger partial charge in [0, 0.05) is 38.9 Å². The van der Waals surface area contributed by atoms with E-state index in [4.69, 9.17) is 13.7 Å². The molecule has 8 heteroatoms. The summed E-state index contributed by atoms with van der Waals surface area (Å²) in [5.41, 5.74) is 0.927. The van der Waals surface area contributed by atoms with Crippen LogP contribution in [0, 0.1) is 0 Å². The zero-order valence-electron chi connectivity index (χ0n) is 16.6. The number of carbonyl (C=O) groups excluding carboxylic acids is 1. The molecule has 1 saturated heterocycles. The van der Waals surface area contributed by atoms with Gasteiger partial charge in [-0.3, -0.25) is 9.69 Å². The molecule has 0 N–H and O–H groups in total. The highest BCUT2D eigenvalue weighted by atomic mass is 16.5. The lowest BCUT2D eigenvalue weighted by Gasteiger charge is -2.36. The topological polar surface area (TPSA) is 84.8 Å². The van der Waals surface area contributed by atoms with E-state index in [1.165, 1.54) is 0 Å². The van der Waals surface area contributed by atoms with E-state index in [0.29, 0.717) is 42.9 Å². The van der Waals surface area contributed by atoms with Crippen molar-refractivity contribution in [2.24, 2.45) is 0 Å². The largest absolute Gasteiger partial charge is 0.453 e. The Hall–Kier alpha value is -2.97. The Morgan fingerprint density at radius 3 is 2.62 bits per heavy atom. The lowest BCUT2D eigenvalue weighted by atomic mass is 10.2. The molecule has 0 aliphatic carbocycles. The third kappa shape index (κ3) is 4.23. The Bertz CT molecular complexity index is 945. The van der Waals surface area contributed by atoms with Crippen LogP contribution in [0.4, 0.5) is 0 Å². The molecule has 0 spiro atoms. The smallest absolute Gasteiger partial charge is 0.289 e. The van der Waals surface area contributed by atoms with Gasteiger partial charge in [-0.05, 0) is 19.1 Å². The van der Waals surface area contributed by atoms with Gasteiger partial charge < -0.3 is 18.6 Å². The van der Waals surface area contributed by atoms with Gasteiger partial charge in [-0.1, -0.05) is 35.5 Å². The summed E-state index contributed by atoms with van der Waals surface area (Å²) in [6, 6.07) is 13.2. The summed E-state index contributed by atoms with van der Waals surface area (Å²) in [6.45, 7) is 5.08. The van der Waals surface area contributed by atoms with Gasteiger partial charge in [0.05, 0.1) is 6.04 Å². The number of hydrogen-bond donors (Lipinski definition) is 0. The first kappa shape index (κ1) is 19.4. The predicted molar refractivity (Wildman–Crippen MR) is 105 cm³/mol. The molecule has 0 bridgehead atoms. The van der Waals surface area contributed by atoms with Gasteiger partial charge in [-0.25, -0.2) is 0 Å². The number of furan rings is 1. The van der Waals surface area contributed by atoms with Crippen LogP contribution in [0.5, 0.6) is 0 Å². The second-order valence-electron chi connectivity index (χ2n) is 7.03. The molecular formula is C21H24N4O4. The molecule has 29 heavy (non-hydrogen) atoms. The number of methoxy groups -OCH3 is 1. The van der Waals surface area contributed by atoms with Gasteiger partial charge in [0.2, 0.25) is 11.7 Å². The minimum atomic E-state index is -0.0937. The zero-order chi connectivity index (χ0) is 20.2. The molecule has 152 valence electrons. The van der Waals surface area contributed by atoms with Crippen molar-refractivity contribution in [2.75, 3.05) is 33.3 Å². The number of rotatable bonds is 6. The van der Waals surface area contributed by atoms with Crippen LogP contribution in [0.15, 0.2) is 51.4 Å². The van der Waals surface area contributed by atoms with Gasteiger partial charge in [0.1, 0.15) is 12.4 Å². The van der Waals surface area contributed by atoms with Crippen LogP contribution in [-0.4, -0.2) is 59.1 Å². The monoisotopic (exact) mass is 396 g/mol. The highest BCUT2D eigenvalue weighted by Gasteiger charge is 2.29. The second-order valence-corrected chi connectivity index (χ2v) is 7.03. The molecule has 1 aromatic carbocycles. The van der Waals surface area contributed by atoms with E-state index < -0.39 is 0 Å². The zero-order valence-corrected chi connectivity index (χ0v) is 16.6. The normalized spacial score (nSPS) is 16.1. The number of hydrogen-bond acceptors (Lipinski definition) is 7. The van der Waals surface area contributed by atoms with Crippen LogP contribution >= 0.6 is 0 Å². The lowest BCUT2D eigenvalue weighted by Crippen LogP contribution is -2.49. The summed E-state index contributed by atoms with van der Waals surface area (Å²) in [5, 5.41) is 4.10. The van der Waals surface area contributed by atoms with Gasteiger partial charge in [-0.2, -0.15) is 4.98 Å². The third-order valence-corrected chi connectivity index (χ3v) is 5.14. The molecule has 3 heterocycles. The number of aromatic nitrogens is 2. The van der Waals surface area contributed by atoms with Gasteiger partial charge in [-0.15, -0.1) is 0 Å². The molecule has 1 aliphatic heterocycles. The average molecular weight is 396 g/mol. The molecule has 0 radical (unpaired) electrons. The van der Waals surface area contributed by atoms with Gasteiger partial charge in [0.15, 0.2) is 5.76 Å². The van der Waals surface area contributed by atoms with E-state index in [2.05, 4.69) is 15.0 Å².